The second-order valence-corrected chi connectivity index (χ2v) is 3.97. The number of hydrogen-bond acceptors (Lipinski definition) is 5. The second-order valence-electron chi connectivity index (χ2n) is 3.97. The minimum absolute atomic E-state index is 0.131. The number of carboxylic acids is 1. The first-order valence-corrected chi connectivity index (χ1v) is 5.58. The molecule has 1 aromatic carbocycles. The Hall–Kier alpha value is -2.74. The van der Waals surface area contributed by atoms with Crippen molar-refractivity contribution in [2.75, 3.05) is 13.2 Å². The number of benzene rings is 1. The van der Waals surface area contributed by atoms with Gasteiger partial charge in [0, 0.05) is 23.2 Å². The Morgan fingerprint density at radius 3 is 2.75 bits per heavy atom. The number of aromatic amines is 1. The molecule has 0 amide bonds. The average molecular weight is 278 g/mol. The Morgan fingerprint density at radius 1 is 1.35 bits per heavy atom. The van der Waals surface area contributed by atoms with Crippen molar-refractivity contribution in [1.82, 2.24) is 4.98 Å². The number of para-hydroxylation sites is 1. The van der Waals surface area contributed by atoms with Gasteiger partial charge in [0.2, 0.25) is 0 Å². The number of carboxylic acid groups (broad SMARTS) is 1. The van der Waals surface area contributed by atoms with Crippen LogP contribution in [-0.2, 0) is 9.53 Å². The van der Waals surface area contributed by atoms with Gasteiger partial charge in [-0.1, -0.05) is 12.1 Å². The van der Waals surface area contributed by atoms with Crippen LogP contribution in [0.5, 0.6) is 0 Å². The first-order valence-electron chi connectivity index (χ1n) is 5.58. The minimum Gasteiger partial charge on any atom is -0.480 e. The maximum absolute atomic E-state index is 11.9. The van der Waals surface area contributed by atoms with Gasteiger partial charge in [-0.05, 0) is 0 Å². The molecule has 0 aliphatic carbocycles. The third-order valence-electron chi connectivity index (χ3n) is 2.65. The minimum atomic E-state index is -1.17. The molecule has 0 saturated carbocycles. The number of ketones is 1. The number of aromatic nitrogens is 1. The molecule has 2 rings (SSSR count). The van der Waals surface area contributed by atoms with Crippen LogP contribution in [0.1, 0.15) is 10.4 Å². The Morgan fingerprint density at radius 2 is 2.10 bits per heavy atom. The molecule has 0 atom stereocenters. The molecule has 0 bridgehead atoms. The quantitative estimate of drug-likeness (QED) is 0.467. The zero-order valence-corrected chi connectivity index (χ0v) is 10.2. The SMILES string of the molecule is O=C(O)COCC(=O)c1c[nH]c2c([N+](=O)[O-])cccc12. The molecule has 2 aromatic rings. The summed E-state index contributed by atoms with van der Waals surface area (Å²) in [5.74, 6) is -1.62. The lowest BCUT2D eigenvalue weighted by Crippen LogP contribution is -2.14. The number of nitro groups is 1. The van der Waals surface area contributed by atoms with E-state index in [9.17, 15) is 19.7 Å². The first-order chi connectivity index (χ1) is 9.50. The first kappa shape index (κ1) is 13.7. The standard InChI is InChI=1S/C12H10N2O6/c15-10(5-20-6-11(16)17)8-4-13-12-7(8)2-1-3-9(12)14(18)19/h1-4,13H,5-6H2,(H,16,17). The van der Waals surface area contributed by atoms with E-state index in [-0.39, 0.29) is 16.8 Å². The highest BCUT2D eigenvalue weighted by molar-refractivity contribution is 6.10. The molecule has 8 heteroatoms. The van der Waals surface area contributed by atoms with Crippen LogP contribution >= 0.6 is 0 Å². The molecule has 0 saturated heterocycles. The lowest BCUT2D eigenvalue weighted by Gasteiger charge is -2.00. The molecule has 0 aliphatic heterocycles. The highest BCUT2D eigenvalue weighted by Gasteiger charge is 2.18. The molecule has 1 heterocycles. The summed E-state index contributed by atoms with van der Waals surface area (Å²) in [4.78, 5) is 35.1. The molecular formula is C12H10N2O6. The van der Waals surface area contributed by atoms with Crippen molar-refractivity contribution < 1.29 is 24.4 Å². The summed E-state index contributed by atoms with van der Waals surface area (Å²) in [7, 11) is 0. The smallest absolute Gasteiger partial charge is 0.329 e. The number of H-pyrrole nitrogens is 1. The highest BCUT2D eigenvalue weighted by Crippen LogP contribution is 2.27. The van der Waals surface area contributed by atoms with Crippen LogP contribution in [0.4, 0.5) is 5.69 Å². The van der Waals surface area contributed by atoms with E-state index in [1.807, 2.05) is 0 Å². The fourth-order valence-corrected chi connectivity index (χ4v) is 1.83. The molecule has 0 radical (unpaired) electrons. The number of nitrogens with zero attached hydrogens (tertiary/aromatic N) is 1. The topological polar surface area (TPSA) is 123 Å². The Bertz CT molecular complexity index is 690. The number of nitrogens with one attached hydrogen (secondary N) is 1. The van der Waals surface area contributed by atoms with Gasteiger partial charge in [-0.25, -0.2) is 4.79 Å². The molecule has 104 valence electrons. The lowest BCUT2D eigenvalue weighted by molar-refractivity contribution is -0.383. The van der Waals surface area contributed by atoms with Crippen LogP contribution in [-0.4, -0.2) is 40.0 Å². The van der Waals surface area contributed by atoms with Crippen LogP contribution in [0.2, 0.25) is 0 Å². The number of carbonyl (C=O) groups is 2. The van der Waals surface area contributed by atoms with Gasteiger partial charge in [0.25, 0.3) is 5.69 Å². The van der Waals surface area contributed by atoms with Crippen molar-refractivity contribution in [3.8, 4) is 0 Å². The number of Topliss-reactive ketones (excluding diaryl/α,β-unsaturated/α-hetero) is 1. The van der Waals surface area contributed by atoms with Gasteiger partial charge in [-0.2, -0.15) is 0 Å². The number of non-ortho nitro benzene ring substituents is 1. The van der Waals surface area contributed by atoms with E-state index in [2.05, 4.69) is 4.98 Å². The maximum atomic E-state index is 11.9. The molecular weight excluding hydrogens is 268 g/mol. The number of hydrogen-bond donors (Lipinski definition) is 2. The molecule has 2 N–H and O–H groups in total. The van der Waals surface area contributed by atoms with Crippen molar-refractivity contribution in [1.29, 1.82) is 0 Å². The zero-order chi connectivity index (χ0) is 14.7. The monoisotopic (exact) mass is 278 g/mol. The summed E-state index contributed by atoms with van der Waals surface area (Å²) in [6.45, 7) is -0.976. The molecule has 0 spiro atoms. The third kappa shape index (κ3) is 2.64. The van der Waals surface area contributed by atoms with Crippen LogP contribution < -0.4 is 0 Å². The number of fused-ring (bicyclic) bond motifs is 1. The summed E-state index contributed by atoms with van der Waals surface area (Å²) in [6, 6.07) is 4.38. The Balaban J connectivity index is 2.27. The van der Waals surface area contributed by atoms with E-state index < -0.39 is 29.9 Å². The number of nitro benzene ring substituents is 1. The summed E-state index contributed by atoms with van der Waals surface area (Å²) in [5, 5.41) is 19.7. The third-order valence-corrected chi connectivity index (χ3v) is 2.65. The molecule has 0 fully saturated rings. The van der Waals surface area contributed by atoms with Crippen molar-refractivity contribution >= 4 is 28.3 Å². The molecule has 8 nitrogen and oxygen atoms in total. The zero-order valence-electron chi connectivity index (χ0n) is 10.2. The summed E-state index contributed by atoms with van der Waals surface area (Å²) < 4.78 is 4.71. The number of ether oxygens (including phenoxy) is 1. The van der Waals surface area contributed by atoms with Crippen molar-refractivity contribution in [3.63, 3.8) is 0 Å². The van der Waals surface area contributed by atoms with E-state index in [1.165, 1.54) is 18.3 Å². The average Bonchev–Trinajstić information content (AvgIpc) is 2.81. The van der Waals surface area contributed by atoms with Crippen LogP contribution in [0.3, 0.4) is 0 Å². The van der Waals surface area contributed by atoms with Gasteiger partial charge in [0.05, 0.1) is 4.92 Å². The van der Waals surface area contributed by atoms with E-state index in [0.717, 1.165) is 0 Å². The number of aliphatic carboxylic acids is 1. The van der Waals surface area contributed by atoms with E-state index in [4.69, 9.17) is 9.84 Å². The number of rotatable bonds is 6. The maximum Gasteiger partial charge on any atom is 0.329 e. The normalized spacial score (nSPS) is 10.6. The van der Waals surface area contributed by atoms with Crippen LogP contribution in [0, 0.1) is 10.1 Å². The summed E-state index contributed by atoms with van der Waals surface area (Å²) in [6.07, 6.45) is 1.35. The van der Waals surface area contributed by atoms with E-state index >= 15 is 0 Å². The van der Waals surface area contributed by atoms with Crippen LogP contribution in [0.15, 0.2) is 24.4 Å². The van der Waals surface area contributed by atoms with Crippen molar-refractivity contribution in [3.05, 3.63) is 40.1 Å². The largest absolute Gasteiger partial charge is 0.480 e. The van der Waals surface area contributed by atoms with Gasteiger partial charge in [-0.3, -0.25) is 14.9 Å². The predicted octanol–water partition coefficient (Wildman–Crippen LogP) is 1.36. The van der Waals surface area contributed by atoms with Gasteiger partial charge >= 0.3 is 5.97 Å². The fraction of sp³-hybridized carbons (Fsp3) is 0.167. The number of carbonyl (C=O) groups excluding carboxylic acids is 1. The van der Waals surface area contributed by atoms with Gasteiger partial charge < -0.3 is 14.8 Å². The second kappa shape index (κ2) is 5.49. The van der Waals surface area contributed by atoms with Gasteiger partial charge in [0.15, 0.2) is 5.78 Å². The molecule has 20 heavy (non-hydrogen) atoms. The highest BCUT2D eigenvalue weighted by atomic mass is 16.6. The van der Waals surface area contributed by atoms with Crippen molar-refractivity contribution in [2.45, 2.75) is 0 Å². The van der Waals surface area contributed by atoms with Gasteiger partial charge in [-0.15, -0.1) is 0 Å². The lowest BCUT2D eigenvalue weighted by atomic mass is 10.1. The Labute approximate surface area is 112 Å². The van der Waals surface area contributed by atoms with E-state index in [1.54, 1.807) is 6.07 Å². The summed E-state index contributed by atoms with van der Waals surface area (Å²) in [5.41, 5.74) is 0.348. The van der Waals surface area contributed by atoms with E-state index in [0.29, 0.717) is 5.39 Å². The van der Waals surface area contributed by atoms with Crippen molar-refractivity contribution in [2.24, 2.45) is 0 Å². The van der Waals surface area contributed by atoms with Gasteiger partial charge in [0.1, 0.15) is 18.7 Å². The predicted molar refractivity (Wildman–Crippen MR) is 67.7 cm³/mol. The molecule has 0 aliphatic rings. The summed E-state index contributed by atoms with van der Waals surface area (Å²) >= 11 is 0. The molecule has 1 aromatic heterocycles. The van der Waals surface area contributed by atoms with Crippen LogP contribution in [0.25, 0.3) is 10.9 Å². The fourth-order valence-electron chi connectivity index (χ4n) is 1.83. The Kier molecular flexibility index (Phi) is 3.76. The molecule has 0 unspecified atom stereocenters.